The monoisotopic (exact) mass is 220 g/mol. The molecule has 84 valence electrons. The van der Waals surface area contributed by atoms with Gasteiger partial charge in [0.15, 0.2) is 0 Å². The van der Waals surface area contributed by atoms with Gasteiger partial charge in [0.2, 0.25) is 0 Å². The molecule has 0 bridgehead atoms. The number of nitrogens with zero attached hydrogens (tertiary/aromatic N) is 3. The van der Waals surface area contributed by atoms with E-state index in [-0.39, 0.29) is 13.0 Å². The van der Waals surface area contributed by atoms with Crippen LogP contribution in [-0.4, -0.2) is 17.1 Å². The summed E-state index contributed by atoms with van der Waals surface area (Å²) in [6.07, 6.45) is 0.229. The van der Waals surface area contributed by atoms with Gasteiger partial charge in [0.05, 0.1) is 6.54 Å². The molecule has 0 radical (unpaired) electrons. The molecule has 0 spiro atoms. The van der Waals surface area contributed by atoms with E-state index in [9.17, 15) is 4.79 Å². The van der Waals surface area contributed by atoms with Crippen molar-refractivity contribution in [3.05, 3.63) is 45.8 Å². The minimum absolute atomic E-state index is 0.207. The largest absolute Gasteiger partial charge is 0.480 e. The van der Waals surface area contributed by atoms with E-state index in [0.29, 0.717) is 0 Å². The van der Waals surface area contributed by atoms with Crippen molar-refractivity contribution in [1.29, 1.82) is 0 Å². The fraction of sp³-hybridized carbons (Fsp3) is 0.300. The first-order chi connectivity index (χ1) is 7.65. The highest BCUT2D eigenvalue weighted by molar-refractivity contribution is 5.73. The second-order valence-electron chi connectivity index (χ2n) is 3.31. The second-order valence-corrected chi connectivity index (χ2v) is 3.31. The summed E-state index contributed by atoms with van der Waals surface area (Å²) in [5, 5.41) is 12.2. The Hall–Kier alpha value is -2.04. The summed E-state index contributed by atoms with van der Waals surface area (Å²) in [6.45, 7) is 0.207. The Morgan fingerprint density at radius 1 is 1.50 bits per heavy atom. The Bertz CT molecular complexity index is 427. The van der Waals surface area contributed by atoms with Gasteiger partial charge in [-0.25, -0.2) is 0 Å². The molecule has 0 saturated carbocycles. The number of carboxylic acids is 1. The van der Waals surface area contributed by atoms with Gasteiger partial charge < -0.3 is 10.8 Å². The van der Waals surface area contributed by atoms with Crippen molar-refractivity contribution in [3.63, 3.8) is 0 Å². The number of rotatable bonds is 5. The van der Waals surface area contributed by atoms with Gasteiger partial charge in [0.1, 0.15) is 6.04 Å². The summed E-state index contributed by atoms with van der Waals surface area (Å²) in [5.74, 6) is -1.04. The van der Waals surface area contributed by atoms with Crippen LogP contribution in [0.2, 0.25) is 0 Å². The molecule has 0 aliphatic rings. The van der Waals surface area contributed by atoms with Crippen molar-refractivity contribution in [2.75, 3.05) is 0 Å². The molecule has 1 aromatic rings. The molecule has 0 aliphatic heterocycles. The average Bonchev–Trinajstić information content (AvgIpc) is 2.27. The maximum Gasteiger partial charge on any atom is 0.320 e. The zero-order valence-electron chi connectivity index (χ0n) is 8.58. The number of hydrogen-bond acceptors (Lipinski definition) is 3. The molecular weight excluding hydrogens is 208 g/mol. The highest BCUT2D eigenvalue weighted by Crippen LogP contribution is 2.12. The Kier molecular flexibility index (Phi) is 4.32. The standard InChI is InChI=1S/C10H12N4O2/c11-9(10(15)16)5-7-3-1-2-4-8(7)6-13-14-12/h1-4,9H,5-6,11H2,(H,15,16). The van der Waals surface area contributed by atoms with Crippen LogP contribution in [0.3, 0.4) is 0 Å². The molecule has 6 nitrogen and oxygen atoms in total. The van der Waals surface area contributed by atoms with E-state index in [1.54, 1.807) is 24.3 Å². The number of nitrogens with two attached hydrogens (primary N) is 1. The number of hydrogen-bond donors (Lipinski definition) is 2. The van der Waals surface area contributed by atoms with Crippen LogP contribution in [0.1, 0.15) is 11.1 Å². The van der Waals surface area contributed by atoms with E-state index in [4.69, 9.17) is 16.4 Å². The number of aliphatic carboxylic acids is 1. The molecule has 16 heavy (non-hydrogen) atoms. The van der Waals surface area contributed by atoms with Gasteiger partial charge in [-0.05, 0) is 23.1 Å². The van der Waals surface area contributed by atoms with E-state index in [1.807, 2.05) is 0 Å². The Morgan fingerprint density at radius 3 is 2.69 bits per heavy atom. The maximum absolute atomic E-state index is 10.6. The molecule has 6 heteroatoms. The summed E-state index contributed by atoms with van der Waals surface area (Å²) in [6, 6.07) is 6.23. The SMILES string of the molecule is [N-]=[N+]=NCc1ccccc1CC(N)C(=O)O. The summed E-state index contributed by atoms with van der Waals surface area (Å²) in [5.41, 5.74) is 15.3. The predicted octanol–water partition coefficient (Wildman–Crippen LogP) is 1.45. The molecule has 1 unspecified atom stereocenters. The fourth-order valence-electron chi connectivity index (χ4n) is 1.34. The Balaban J connectivity index is 2.85. The van der Waals surface area contributed by atoms with Gasteiger partial charge in [-0.1, -0.05) is 29.4 Å². The zero-order chi connectivity index (χ0) is 12.0. The number of azide groups is 1. The van der Waals surface area contributed by atoms with E-state index < -0.39 is 12.0 Å². The van der Waals surface area contributed by atoms with E-state index in [0.717, 1.165) is 11.1 Å². The van der Waals surface area contributed by atoms with Gasteiger partial charge in [-0.15, -0.1) is 0 Å². The normalized spacial score (nSPS) is 11.6. The molecule has 0 aliphatic carbocycles. The Labute approximate surface area is 92.3 Å². The summed E-state index contributed by atoms with van der Waals surface area (Å²) >= 11 is 0. The highest BCUT2D eigenvalue weighted by atomic mass is 16.4. The van der Waals surface area contributed by atoms with Gasteiger partial charge in [0.25, 0.3) is 0 Å². The predicted molar refractivity (Wildman–Crippen MR) is 58.6 cm³/mol. The lowest BCUT2D eigenvalue weighted by molar-refractivity contribution is -0.138. The lowest BCUT2D eigenvalue weighted by Gasteiger charge is -2.10. The van der Waals surface area contributed by atoms with E-state index in [1.165, 1.54) is 0 Å². The first-order valence-electron chi connectivity index (χ1n) is 4.71. The number of benzene rings is 1. The third-order valence-corrected chi connectivity index (χ3v) is 2.18. The van der Waals surface area contributed by atoms with Gasteiger partial charge in [-0.2, -0.15) is 0 Å². The topological polar surface area (TPSA) is 112 Å². The maximum atomic E-state index is 10.6. The van der Waals surface area contributed by atoms with Crippen molar-refractivity contribution in [2.24, 2.45) is 10.8 Å². The molecule has 0 heterocycles. The van der Waals surface area contributed by atoms with Crippen LogP contribution >= 0.6 is 0 Å². The lowest BCUT2D eigenvalue weighted by Crippen LogP contribution is -2.32. The molecule has 0 saturated heterocycles. The van der Waals surface area contributed by atoms with Gasteiger partial charge in [0, 0.05) is 4.91 Å². The quantitative estimate of drug-likeness (QED) is 0.444. The fourth-order valence-corrected chi connectivity index (χ4v) is 1.34. The van der Waals surface area contributed by atoms with Crippen LogP contribution in [0.4, 0.5) is 0 Å². The Morgan fingerprint density at radius 2 is 2.12 bits per heavy atom. The molecule has 0 fully saturated rings. The minimum atomic E-state index is -1.04. The van der Waals surface area contributed by atoms with Crippen LogP contribution in [0.25, 0.3) is 10.4 Å². The van der Waals surface area contributed by atoms with Gasteiger partial charge in [-0.3, -0.25) is 4.79 Å². The van der Waals surface area contributed by atoms with Crippen molar-refractivity contribution in [1.82, 2.24) is 0 Å². The summed E-state index contributed by atoms with van der Waals surface area (Å²) < 4.78 is 0. The lowest BCUT2D eigenvalue weighted by atomic mass is 10.0. The molecule has 1 aromatic carbocycles. The zero-order valence-corrected chi connectivity index (χ0v) is 8.58. The highest BCUT2D eigenvalue weighted by Gasteiger charge is 2.13. The summed E-state index contributed by atoms with van der Waals surface area (Å²) in [7, 11) is 0. The number of carboxylic acid groups (broad SMARTS) is 1. The van der Waals surface area contributed by atoms with Crippen molar-refractivity contribution in [2.45, 2.75) is 19.0 Å². The molecule has 1 atom stereocenters. The van der Waals surface area contributed by atoms with E-state index >= 15 is 0 Å². The summed E-state index contributed by atoms with van der Waals surface area (Å²) in [4.78, 5) is 13.3. The van der Waals surface area contributed by atoms with Crippen LogP contribution < -0.4 is 5.73 Å². The van der Waals surface area contributed by atoms with Crippen molar-refractivity contribution in [3.8, 4) is 0 Å². The first kappa shape index (κ1) is 12.0. The number of carbonyl (C=O) groups is 1. The van der Waals surface area contributed by atoms with Crippen LogP contribution in [0.15, 0.2) is 29.4 Å². The van der Waals surface area contributed by atoms with Gasteiger partial charge >= 0.3 is 5.97 Å². The molecule has 0 aromatic heterocycles. The second kappa shape index (κ2) is 5.75. The molecular formula is C10H12N4O2. The third kappa shape index (κ3) is 3.27. The molecule has 0 amide bonds. The molecule has 3 N–H and O–H groups in total. The average molecular weight is 220 g/mol. The van der Waals surface area contributed by atoms with Crippen molar-refractivity contribution < 1.29 is 9.90 Å². The molecule has 1 rings (SSSR count). The van der Waals surface area contributed by atoms with Crippen molar-refractivity contribution >= 4 is 5.97 Å². The van der Waals surface area contributed by atoms with Crippen LogP contribution in [-0.2, 0) is 17.8 Å². The third-order valence-electron chi connectivity index (χ3n) is 2.18. The minimum Gasteiger partial charge on any atom is -0.480 e. The first-order valence-corrected chi connectivity index (χ1v) is 4.71. The smallest absolute Gasteiger partial charge is 0.320 e. The van der Waals surface area contributed by atoms with E-state index in [2.05, 4.69) is 10.0 Å². The van der Waals surface area contributed by atoms with Crippen LogP contribution in [0, 0.1) is 0 Å². The van der Waals surface area contributed by atoms with Crippen LogP contribution in [0.5, 0.6) is 0 Å².